The van der Waals surface area contributed by atoms with Crippen LogP contribution >= 0.6 is 11.8 Å². The second-order valence-electron chi connectivity index (χ2n) is 7.95. The molecule has 4 rings (SSSR count). The monoisotopic (exact) mass is 424 g/mol. The van der Waals surface area contributed by atoms with E-state index >= 15 is 0 Å². The Labute approximate surface area is 179 Å². The van der Waals surface area contributed by atoms with Crippen LogP contribution in [0, 0.1) is 11.3 Å². The number of benzene rings is 1. The van der Waals surface area contributed by atoms with Crippen molar-refractivity contribution >= 4 is 34.5 Å². The first kappa shape index (κ1) is 20.6. The predicted molar refractivity (Wildman–Crippen MR) is 115 cm³/mol. The number of aromatic nitrogens is 1. The van der Waals surface area contributed by atoms with Gasteiger partial charge in [-0.1, -0.05) is 13.0 Å². The van der Waals surface area contributed by atoms with Crippen molar-refractivity contribution in [3.63, 3.8) is 0 Å². The molecular weight excluding hydrogens is 400 g/mol. The van der Waals surface area contributed by atoms with Crippen molar-refractivity contribution in [2.75, 3.05) is 31.4 Å². The van der Waals surface area contributed by atoms with Gasteiger partial charge in [-0.15, -0.1) is 11.8 Å². The van der Waals surface area contributed by atoms with E-state index < -0.39 is 6.04 Å². The van der Waals surface area contributed by atoms with Crippen molar-refractivity contribution in [2.24, 2.45) is 0 Å². The van der Waals surface area contributed by atoms with Crippen LogP contribution in [-0.4, -0.2) is 59.1 Å². The van der Waals surface area contributed by atoms with Crippen LogP contribution in [0.1, 0.15) is 35.7 Å². The van der Waals surface area contributed by atoms with Crippen molar-refractivity contribution in [1.29, 1.82) is 5.26 Å². The Bertz CT molecular complexity index is 1010. The molecule has 7 nitrogen and oxygen atoms in total. The molecule has 1 aromatic carbocycles. The summed E-state index contributed by atoms with van der Waals surface area (Å²) in [5.74, 6) is 0.535. The Morgan fingerprint density at radius 1 is 1.37 bits per heavy atom. The van der Waals surface area contributed by atoms with Gasteiger partial charge in [0.1, 0.15) is 6.04 Å². The third-order valence-electron chi connectivity index (χ3n) is 6.03. The SMILES string of the molecule is CC1(c2ccc3nccc(C(=O)NCC(=O)N4CSC[C@H]4C#N)c3c2)CCOCC1. The lowest BCUT2D eigenvalue weighted by atomic mass is 9.75. The number of hydrogen-bond donors (Lipinski definition) is 1. The molecule has 30 heavy (non-hydrogen) atoms. The number of carbonyl (C=O) groups is 2. The second-order valence-corrected chi connectivity index (χ2v) is 8.95. The third kappa shape index (κ3) is 4.00. The Balaban J connectivity index is 1.54. The van der Waals surface area contributed by atoms with Crippen LogP contribution < -0.4 is 5.32 Å². The van der Waals surface area contributed by atoms with Gasteiger partial charge in [-0.25, -0.2) is 0 Å². The van der Waals surface area contributed by atoms with Crippen molar-refractivity contribution in [1.82, 2.24) is 15.2 Å². The van der Waals surface area contributed by atoms with Crippen LogP contribution in [0.15, 0.2) is 30.5 Å². The molecule has 0 unspecified atom stereocenters. The molecule has 2 fully saturated rings. The zero-order valence-electron chi connectivity index (χ0n) is 16.9. The first-order chi connectivity index (χ1) is 14.5. The largest absolute Gasteiger partial charge is 0.381 e. The number of thioether (sulfide) groups is 1. The van der Waals surface area contributed by atoms with Crippen LogP contribution in [-0.2, 0) is 14.9 Å². The van der Waals surface area contributed by atoms with E-state index in [1.54, 1.807) is 24.0 Å². The average molecular weight is 425 g/mol. The van der Waals surface area contributed by atoms with E-state index in [0.29, 0.717) is 17.2 Å². The summed E-state index contributed by atoms with van der Waals surface area (Å²) in [7, 11) is 0. The molecule has 0 spiro atoms. The molecule has 2 aromatic rings. The van der Waals surface area contributed by atoms with E-state index in [0.717, 1.165) is 37.0 Å². The minimum absolute atomic E-state index is 0.00568. The number of amides is 2. The van der Waals surface area contributed by atoms with E-state index in [2.05, 4.69) is 29.4 Å². The molecule has 2 amide bonds. The molecule has 0 aliphatic carbocycles. The average Bonchev–Trinajstić information content (AvgIpc) is 3.26. The Morgan fingerprint density at radius 3 is 2.93 bits per heavy atom. The van der Waals surface area contributed by atoms with Gasteiger partial charge in [-0.2, -0.15) is 5.26 Å². The lowest BCUT2D eigenvalue weighted by Gasteiger charge is -2.34. The van der Waals surface area contributed by atoms with Crippen LogP contribution in [0.5, 0.6) is 0 Å². The molecule has 0 radical (unpaired) electrons. The molecule has 8 heteroatoms. The van der Waals surface area contributed by atoms with Crippen molar-refractivity contribution in [3.8, 4) is 6.07 Å². The van der Waals surface area contributed by atoms with E-state index in [4.69, 9.17) is 10.00 Å². The van der Waals surface area contributed by atoms with Gasteiger partial charge in [-0.3, -0.25) is 14.6 Å². The molecule has 1 atom stereocenters. The fraction of sp³-hybridized carbons (Fsp3) is 0.455. The first-order valence-corrected chi connectivity index (χ1v) is 11.2. The summed E-state index contributed by atoms with van der Waals surface area (Å²) in [6.45, 7) is 3.56. The molecule has 0 bridgehead atoms. The smallest absolute Gasteiger partial charge is 0.252 e. The molecule has 3 heterocycles. The molecule has 1 aromatic heterocycles. The number of nitrogens with zero attached hydrogens (tertiary/aromatic N) is 3. The maximum atomic E-state index is 12.9. The molecule has 2 aliphatic heterocycles. The van der Waals surface area contributed by atoms with Gasteiger partial charge in [-0.05, 0) is 42.0 Å². The summed E-state index contributed by atoms with van der Waals surface area (Å²) in [5, 5.41) is 12.7. The maximum Gasteiger partial charge on any atom is 0.252 e. The van der Waals surface area contributed by atoms with Gasteiger partial charge in [0.05, 0.1) is 29.6 Å². The number of rotatable bonds is 4. The predicted octanol–water partition coefficient (Wildman–Crippen LogP) is 2.46. The first-order valence-electron chi connectivity index (χ1n) is 10.0. The topological polar surface area (TPSA) is 95.3 Å². The van der Waals surface area contributed by atoms with E-state index in [1.165, 1.54) is 10.5 Å². The zero-order chi connectivity index (χ0) is 21.1. The van der Waals surface area contributed by atoms with Gasteiger partial charge >= 0.3 is 0 Å². The van der Waals surface area contributed by atoms with Gasteiger partial charge in [0, 0.05) is 30.5 Å². The van der Waals surface area contributed by atoms with Gasteiger partial charge in [0.15, 0.2) is 0 Å². The summed E-state index contributed by atoms with van der Waals surface area (Å²) in [6.07, 6.45) is 3.48. The number of fused-ring (bicyclic) bond motifs is 1. The van der Waals surface area contributed by atoms with Crippen LogP contribution in [0.25, 0.3) is 10.9 Å². The highest BCUT2D eigenvalue weighted by Gasteiger charge is 2.31. The Morgan fingerprint density at radius 2 is 2.17 bits per heavy atom. The molecule has 2 aliphatic rings. The van der Waals surface area contributed by atoms with Gasteiger partial charge < -0.3 is 15.0 Å². The van der Waals surface area contributed by atoms with Crippen LogP contribution in [0.3, 0.4) is 0 Å². The Hall–Kier alpha value is -2.63. The van der Waals surface area contributed by atoms with Crippen LogP contribution in [0.2, 0.25) is 0 Å². The number of carbonyl (C=O) groups excluding carboxylic acids is 2. The second kappa shape index (κ2) is 8.62. The van der Waals surface area contributed by atoms with E-state index in [1.807, 2.05) is 12.1 Å². The maximum absolute atomic E-state index is 12.9. The summed E-state index contributed by atoms with van der Waals surface area (Å²) in [5.41, 5.74) is 2.42. The number of nitrogens with one attached hydrogen (secondary N) is 1. The summed E-state index contributed by atoms with van der Waals surface area (Å²) in [4.78, 5) is 31.2. The van der Waals surface area contributed by atoms with Crippen LogP contribution in [0.4, 0.5) is 0 Å². The van der Waals surface area contributed by atoms with E-state index in [9.17, 15) is 9.59 Å². The molecule has 2 saturated heterocycles. The minimum atomic E-state index is -0.427. The van der Waals surface area contributed by atoms with Gasteiger partial charge in [0.25, 0.3) is 5.91 Å². The molecular formula is C22H24N4O3S. The fourth-order valence-corrected chi connectivity index (χ4v) is 5.08. The number of pyridine rings is 1. The number of hydrogen-bond acceptors (Lipinski definition) is 6. The fourth-order valence-electron chi connectivity index (χ4n) is 3.98. The van der Waals surface area contributed by atoms with Gasteiger partial charge in [0.2, 0.25) is 5.91 Å². The Kier molecular flexibility index (Phi) is 5.93. The molecule has 0 saturated carbocycles. The van der Waals surface area contributed by atoms with Crippen molar-refractivity contribution in [2.45, 2.75) is 31.2 Å². The molecule has 156 valence electrons. The normalized spacial score (nSPS) is 20.7. The lowest BCUT2D eigenvalue weighted by Crippen LogP contribution is -2.42. The standard InChI is InChI=1S/C22H24N4O3S/c1-22(5-8-29-9-6-22)15-2-3-19-18(10-15)17(4-7-24-19)21(28)25-12-20(27)26-14-30-13-16(26)11-23/h2-4,7,10,16H,5-6,8-9,12-14H2,1H3,(H,25,28)/t16-/m1/s1. The highest BCUT2D eigenvalue weighted by Crippen LogP contribution is 2.35. The summed E-state index contributed by atoms with van der Waals surface area (Å²) in [6, 6.07) is 9.47. The quantitative estimate of drug-likeness (QED) is 0.810. The zero-order valence-corrected chi connectivity index (χ0v) is 17.7. The van der Waals surface area contributed by atoms with E-state index in [-0.39, 0.29) is 23.8 Å². The summed E-state index contributed by atoms with van der Waals surface area (Å²) >= 11 is 1.54. The number of nitriles is 1. The minimum Gasteiger partial charge on any atom is -0.381 e. The number of ether oxygens (including phenoxy) is 1. The van der Waals surface area contributed by atoms with Crippen molar-refractivity contribution in [3.05, 3.63) is 41.6 Å². The van der Waals surface area contributed by atoms with Crippen molar-refractivity contribution < 1.29 is 14.3 Å². The molecule has 1 N–H and O–H groups in total. The lowest BCUT2D eigenvalue weighted by molar-refractivity contribution is -0.129. The highest BCUT2D eigenvalue weighted by molar-refractivity contribution is 7.99. The third-order valence-corrected chi connectivity index (χ3v) is 7.04. The highest BCUT2D eigenvalue weighted by atomic mass is 32.2. The summed E-state index contributed by atoms with van der Waals surface area (Å²) < 4.78 is 5.51.